The smallest absolute Gasteiger partial charge is 0.0215 e. The number of unbranched alkanes of at least 4 members (excludes halogenated alkanes) is 10. The maximum absolute atomic E-state index is 2.65. The summed E-state index contributed by atoms with van der Waals surface area (Å²) in [5.74, 6) is 0. The average molecular weight is 975 g/mol. The molecule has 0 heteroatoms. The van der Waals surface area contributed by atoms with Gasteiger partial charge in [-0.3, -0.25) is 0 Å². The first-order chi connectivity index (χ1) is 36.9. The van der Waals surface area contributed by atoms with E-state index < -0.39 is 0 Å². The van der Waals surface area contributed by atoms with Gasteiger partial charge in [-0.1, -0.05) is 260 Å². The molecule has 0 aromatic heterocycles. The summed E-state index contributed by atoms with van der Waals surface area (Å²) >= 11 is 0. The van der Waals surface area contributed by atoms with Gasteiger partial charge in [0.15, 0.2) is 0 Å². The number of hydrogen-bond acceptors (Lipinski definition) is 0. The van der Waals surface area contributed by atoms with Gasteiger partial charge in [0.1, 0.15) is 0 Å². The Hall–Kier alpha value is -7.28. The van der Waals surface area contributed by atoms with Crippen LogP contribution < -0.4 is 0 Å². The number of aryl methyl sites for hydroxylation is 2. The predicted octanol–water partition coefficient (Wildman–Crippen LogP) is 22.4. The zero-order valence-corrected chi connectivity index (χ0v) is 45.0. The van der Waals surface area contributed by atoms with E-state index in [4.69, 9.17) is 0 Å². The average Bonchev–Trinajstić information content (AvgIpc) is 3.78. The third-order valence-electron chi connectivity index (χ3n) is 16.7. The summed E-state index contributed by atoms with van der Waals surface area (Å²) in [5.41, 5.74) is 23.5. The standard InChI is InChI=1S/C75H74/c1-5-7-9-11-13-20-42-75(43-21-14-12-10-8-6-2)73-44-54(4)34-40-71(73)72-41-39-60(52-74(72)75)63-49-65(51-66(50-63)68-29-23-30-69-67(28-22-31-70(68)69)57-35-32-53(3)33-36-57)64-47-61(55-24-16-15-17-25-55)46-62(48-64)59-38-37-56-26-18-19-27-58(56)45-59/h15-19,22-41,44-52H,5-14,20-21,42-43H2,1-4H3. The van der Waals surface area contributed by atoms with Crippen LogP contribution in [0, 0.1) is 13.8 Å². The Morgan fingerprint density at radius 3 is 1.35 bits per heavy atom. The van der Waals surface area contributed by atoms with Crippen LogP contribution in [0.1, 0.15) is 126 Å². The van der Waals surface area contributed by atoms with Crippen molar-refractivity contribution in [2.45, 2.75) is 123 Å². The molecule has 75 heavy (non-hydrogen) atoms. The van der Waals surface area contributed by atoms with E-state index in [9.17, 15) is 0 Å². The van der Waals surface area contributed by atoms with Crippen LogP contribution in [0.4, 0.5) is 0 Å². The molecule has 10 aromatic carbocycles. The maximum atomic E-state index is 2.65. The van der Waals surface area contributed by atoms with Crippen LogP contribution >= 0.6 is 0 Å². The summed E-state index contributed by atoms with van der Waals surface area (Å²) in [6.07, 6.45) is 18.1. The van der Waals surface area contributed by atoms with Crippen LogP contribution in [0.15, 0.2) is 206 Å². The third kappa shape index (κ3) is 10.6. The molecule has 0 saturated carbocycles. The molecule has 0 unspecified atom stereocenters. The topological polar surface area (TPSA) is 0 Å². The summed E-state index contributed by atoms with van der Waals surface area (Å²) in [7, 11) is 0. The lowest BCUT2D eigenvalue weighted by Gasteiger charge is -2.33. The molecule has 0 spiro atoms. The van der Waals surface area contributed by atoms with Crippen molar-refractivity contribution in [2.24, 2.45) is 0 Å². The Labute approximate surface area is 448 Å². The van der Waals surface area contributed by atoms with Crippen LogP contribution in [-0.4, -0.2) is 0 Å². The zero-order chi connectivity index (χ0) is 51.1. The summed E-state index contributed by atoms with van der Waals surface area (Å²) in [6.45, 7) is 9.13. The van der Waals surface area contributed by atoms with Gasteiger partial charge < -0.3 is 0 Å². The van der Waals surface area contributed by atoms with Crippen LogP contribution in [0.5, 0.6) is 0 Å². The van der Waals surface area contributed by atoms with Crippen molar-refractivity contribution in [3.05, 3.63) is 229 Å². The van der Waals surface area contributed by atoms with Crippen molar-refractivity contribution >= 4 is 21.5 Å². The molecule has 0 amide bonds. The lowest BCUT2D eigenvalue weighted by Crippen LogP contribution is -2.25. The number of hydrogen-bond donors (Lipinski definition) is 0. The lowest BCUT2D eigenvalue weighted by atomic mass is 9.70. The lowest BCUT2D eigenvalue weighted by molar-refractivity contribution is 0.398. The highest BCUT2D eigenvalue weighted by molar-refractivity contribution is 6.05. The van der Waals surface area contributed by atoms with Gasteiger partial charge in [-0.05, 0) is 186 Å². The third-order valence-corrected chi connectivity index (χ3v) is 16.7. The first-order valence-corrected chi connectivity index (χ1v) is 28.6. The highest BCUT2D eigenvalue weighted by Gasteiger charge is 2.42. The van der Waals surface area contributed by atoms with E-state index in [2.05, 4.69) is 234 Å². The van der Waals surface area contributed by atoms with Gasteiger partial charge in [-0.2, -0.15) is 0 Å². The van der Waals surface area contributed by atoms with E-state index in [0.29, 0.717) is 0 Å². The van der Waals surface area contributed by atoms with Crippen molar-refractivity contribution < 1.29 is 0 Å². The van der Waals surface area contributed by atoms with Crippen LogP contribution in [-0.2, 0) is 5.41 Å². The van der Waals surface area contributed by atoms with Gasteiger partial charge in [-0.15, -0.1) is 0 Å². The molecule has 0 saturated heterocycles. The van der Waals surface area contributed by atoms with Gasteiger partial charge >= 0.3 is 0 Å². The molecular weight excluding hydrogens is 901 g/mol. The van der Waals surface area contributed by atoms with E-state index in [-0.39, 0.29) is 5.41 Å². The summed E-state index contributed by atoms with van der Waals surface area (Å²) < 4.78 is 0. The molecule has 0 heterocycles. The van der Waals surface area contributed by atoms with E-state index in [1.54, 1.807) is 11.1 Å². The Kier molecular flexibility index (Phi) is 15.1. The second-order valence-corrected chi connectivity index (χ2v) is 22.0. The Balaban J connectivity index is 1.10. The van der Waals surface area contributed by atoms with E-state index in [0.717, 1.165) is 0 Å². The van der Waals surface area contributed by atoms with Crippen LogP contribution in [0.3, 0.4) is 0 Å². The summed E-state index contributed by atoms with van der Waals surface area (Å²) in [4.78, 5) is 0. The first kappa shape index (κ1) is 49.9. The zero-order valence-electron chi connectivity index (χ0n) is 45.0. The number of benzene rings is 10. The predicted molar refractivity (Wildman–Crippen MR) is 326 cm³/mol. The van der Waals surface area contributed by atoms with Gasteiger partial charge in [0, 0.05) is 5.41 Å². The van der Waals surface area contributed by atoms with E-state index >= 15 is 0 Å². The monoisotopic (exact) mass is 975 g/mol. The molecule has 374 valence electrons. The molecule has 10 aromatic rings. The molecule has 0 bridgehead atoms. The first-order valence-electron chi connectivity index (χ1n) is 28.6. The SMILES string of the molecule is CCCCCCCCC1(CCCCCCCC)c2cc(C)ccc2-c2ccc(-c3cc(-c4cc(-c5ccccc5)cc(-c5ccc6ccccc6c5)c4)cc(-c4cccc5c(-c6ccc(C)cc6)cccc45)c3)cc21. The van der Waals surface area contributed by atoms with Crippen molar-refractivity contribution in [3.63, 3.8) is 0 Å². The maximum Gasteiger partial charge on any atom is 0.0215 e. The molecule has 11 rings (SSSR count). The van der Waals surface area contributed by atoms with Gasteiger partial charge in [0.25, 0.3) is 0 Å². The fraction of sp³-hybridized carbons (Fsp3) is 0.253. The van der Waals surface area contributed by atoms with Crippen LogP contribution in [0.2, 0.25) is 0 Å². The summed E-state index contributed by atoms with van der Waals surface area (Å²) in [6, 6.07) is 79.1. The van der Waals surface area contributed by atoms with Crippen molar-refractivity contribution in [1.82, 2.24) is 0 Å². The van der Waals surface area contributed by atoms with Crippen molar-refractivity contribution in [3.8, 4) is 77.9 Å². The molecular formula is C75H74. The molecule has 1 aliphatic carbocycles. The fourth-order valence-corrected chi connectivity index (χ4v) is 12.7. The quantitative estimate of drug-likeness (QED) is 0.0668. The molecule has 1 aliphatic rings. The molecule has 0 atom stereocenters. The summed E-state index contributed by atoms with van der Waals surface area (Å²) in [5, 5.41) is 5.06. The van der Waals surface area contributed by atoms with Crippen LogP contribution in [0.25, 0.3) is 99.4 Å². The van der Waals surface area contributed by atoms with Crippen molar-refractivity contribution in [1.29, 1.82) is 0 Å². The Morgan fingerprint density at radius 2 is 0.720 bits per heavy atom. The van der Waals surface area contributed by atoms with Gasteiger partial charge in [0.05, 0.1) is 0 Å². The number of fused-ring (bicyclic) bond motifs is 5. The Morgan fingerprint density at radius 1 is 0.267 bits per heavy atom. The largest absolute Gasteiger partial charge is 0.0654 e. The normalized spacial score (nSPS) is 12.6. The molecule has 0 nitrogen and oxygen atoms in total. The fourth-order valence-electron chi connectivity index (χ4n) is 12.7. The number of rotatable bonds is 20. The minimum absolute atomic E-state index is 0.0105. The molecule has 0 fully saturated rings. The van der Waals surface area contributed by atoms with E-state index in [1.807, 2.05) is 0 Å². The molecule has 0 N–H and O–H groups in total. The van der Waals surface area contributed by atoms with Gasteiger partial charge in [0.2, 0.25) is 0 Å². The second kappa shape index (κ2) is 22.7. The Bertz CT molecular complexity index is 3570. The van der Waals surface area contributed by atoms with E-state index in [1.165, 1.54) is 200 Å². The second-order valence-electron chi connectivity index (χ2n) is 22.0. The van der Waals surface area contributed by atoms with Crippen molar-refractivity contribution in [2.75, 3.05) is 0 Å². The minimum atomic E-state index is -0.0105. The highest BCUT2D eigenvalue weighted by Crippen LogP contribution is 2.55. The minimum Gasteiger partial charge on any atom is -0.0654 e. The highest BCUT2D eigenvalue weighted by atomic mass is 14.5. The van der Waals surface area contributed by atoms with Gasteiger partial charge in [-0.25, -0.2) is 0 Å². The molecule has 0 radical (unpaired) electrons. The molecule has 0 aliphatic heterocycles.